The first-order chi connectivity index (χ1) is 8.68. The van der Waals surface area contributed by atoms with Crippen LogP contribution >= 0.6 is 11.8 Å². The van der Waals surface area contributed by atoms with Gasteiger partial charge in [0.1, 0.15) is 0 Å². The molecule has 0 aliphatic carbocycles. The van der Waals surface area contributed by atoms with Gasteiger partial charge in [-0.1, -0.05) is 19.3 Å². The highest BCUT2D eigenvalue weighted by Gasteiger charge is 2.24. The average molecular weight is 268 g/mol. The molecule has 0 bridgehead atoms. The van der Waals surface area contributed by atoms with Gasteiger partial charge in [0.05, 0.1) is 18.5 Å². The van der Waals surface area contributed by atoms with Crippen molar-refractivity contribution in [3.63, 3.8) is 0 Å². The Morgan fingerprint density at radius 3 is 2.83 bits per heavy atom. The minimum Gasteiger partial charge on any atom is -0.357 e. The fourth-order valence-electron chi connectivity index (χ4n) is 2.54. The molecule has 0 spiro atoms. The first-order valence-electron chi connectivity index (χ1n) is 7.00. The molecule has 3 nitrogen and oxygen atoms in total. The topological polar surface area (TPSA) is 32.3 Å². The van der Waals surface area contributed by atoms with E-state index in [9.17, 15) is 4.79 Å². The van der Waals surface area contributed by atoms with Crippen LogP contribution in [-0.4, -0.2) is 35.7 Å². The Kier molecular flexibility index (Phi) is 5.13. The molecular formula is C14H24N2OS. The molecule has 2 aliphatic heterocycles. The number of rotatable bonds is 3. The van der Waals surface area contributed by atoms with Gasteiger partial charge in [0.25, 0.3) is 0 Å². The summed E-state index contributed by atoms with van der Waals surface area (Å²) in [6.45, 7) is 5.83. The van der Waals surface area contributed by atoms with E-state index in [1.54, 1.807) is 0 Å². The van der Waals surface area contributed by atoms with E-state index in [4.69, 9.17) is 0 Å². The lowest BCUT2D eigenvalue weighted by molar-refractivity contribution is -0.121. The van der Waals surface area contributed by atoms with E-state index >= 15 is 0 Å². The van der Waals surface area contributed by atoms with Crippen LogP contribution in [0, 0.1) is 0 Å². The second-order valence-electron chi connectivity index (χ2n) is 5.29. The summed E-state index contributed by atoms with van der Waals surface area (Å²) in [7, 11) is 0. The van der Waals surface area contributed by atoms with Gasteiger partial charge in [0.2, 0.25) is 0 Å². The van der Waals surface area contributed by atoms with Crippen molar-refractivity contribution in [3.05, 3.63) is 10.6 Å². The number of allylic oxidation sites excluding steroid dienone is 2. The van der Waals surface area contributed by atoms with Crippen LogP contribution in [0.5, 0.6) is 0 Å². The molecule has 0 saturated carbocycles. The van der Waals surface area contributed by atoms with Crippen molar-refractivity contribution in [2.75, 3.05) is 19.0 Å². The number of carbonyl (C=O) groups excluding carboxylic acids is 1. The minimum atomic E-state index is 0.0870. The van der Waals surface area contributed by atoms with Crippen molar-refractivity contribution in [3.8, 4) is 0 Å². The standard InChI is InChI=1S/C14H24N2OS/c1-11-12(2)18-10-16(11)9-14(17)13-7-5-3-4-6-8-15-13/h13,15H,3-10H2,1-2H3. The summed E-state index contributed by atoms with van der Waals surface area (Å²) in [5.74, 6) is 1.31. The Morgan fingerprint density at radius 1 is 1.33 bits per heavy atom. The third-order valence-corrected chi connectivity index (χ3v) is 5.14. The molecule has 0 amide bonds. The molecule has 18 heavy (non-hydrogen) atoms. The van der Waals surface area contributed by atoms with Gasteiger partial charge >= 0.3 is 0 Å². The lowest BCUT2D eigenvalue weighted by Gasteiger charge is -2.24. The van der Waals surface area contributed by atoms with Crippen molar-refractivity contribution >= 4 is 17.5 Å². The highest BCUT2D eigenvalue weighted by Crippen LogP contribution is 2.30. The van der Waals surface area contributed by atoms with E-state index in [-0.39, 0.29) is 6.04 Å². The van der Waals surface area contributed by atoms with Crippen LogP contribution in [0.15, 0.2) is 10.6 Å². The maximum absolute atomic E-state index is 12.3. The Balaban J connectivity index is 1.86. The molecule has 4 heteroatoms. The highest BCUT2D eigenvalue weighted by molar-refractivity contribution is 8.03. The van der Waals surface area contributed by atoms with Crippen molar-refractivity contribution in [1.29, 1.82) is 0 Å². The average Bonchev–Trinajstić information content (AvgIpc) is 2.60. The molecule has 1 N–H and O–H groups in total. The third-order valence-electron chi connectivity index (χ3n) is 3.97. The van der Waals surface area contributed by atoms with E-state index in [1.165, 1.54) is 36.3 Å². The number of nitrogens with one attached hydrogen (secondary N) is 1. The Bertz CT molecular complexity index is 333. The summed E-state index contributed by atoms with van der Waals surface area (Å²) < 4.78 is 0. The van der Waals surface area contributed by atoms with Gasteiger partial charge in [0.15, 0.2) is 5.78 Å². The fourth-order valence-corrected chi connectivity index (χ4v) is 3.51. The van der Waals surface area contributed by atoms with Crippen LogP contribution in [0.3, 0.4) is 0 Å². The molecule has 0 aromatic heterocycles. The largest absolute Gasteiger partial charge is 0.357 e. The van der Waals surface area contributed by atoms with Crippen molar-refractivity contribution in [1.82, 2.24) is 10.2 Å². The molecule has 1 atom stereocenters. The summed E-state index contributed by atoms with van der Waals surface area (Å²) >= 11 is 1.84. The maximum atomic E-state index is 12.3. The molecule has 1 fully saturated rings. The van der Waals surface area contributed by atoms with Gasteiger partial charge in [-0.3, -0.25) is 4.79 Å². The van der Waals surface area contributed by atoms with E-state index in [2.05, 4.69) is 24.1 Å². The third kappa shape index (κ3) is 3.51. The Hall–Kier alpha value is -0.480. The zero-order chi connectivity index (χ0) is 13.0. The second-order valence-corrected chi connectivity index (χ2v) is 6.45. The number of ketones is 1. The molecule has 1 saturated heterocycles. The van der Waals surface area contributed by atoms with Crippen LogP contribution < -0.4 is 5.32 Å². The van der Waals surface area contributed by atoms with Crippen LogP contribution in [0.4, 0.5) is 0 Å². The van der Waals surface area contributed by atoms with E-state index < -0.39 is 0 Å². The molecule has 1 unspecified atom stereocenters. The van der Waals surface area contributed by atoms with Crippen molar-refractivity contribution in [2.45, 2.75) is 52.0 Å². The molecular weight excluding hydrogens is 244 g/mol. The molecule has 2 aliphatic rings. The zero-order valence-electron chi connectivity index (χ0n) is 11.5. The van der Waals surface area contributed by atoms with Crippen LogP contribution in [-0.2, 0) is 4.79 Å². The number of carbonyl (C=O) groups is 1. The van der Waals surface area contributed by atoms with Crippen LogP contribution in [0.25, 0.3) is 0 Å². The van der Waals surface area contributed by atoms with E-state index in [0.717, 1.165) is 18.8 Å². The SMILES string of the molecule is CC1=C(C)N(CC(=O)C2CCCCCCN2)CS1. The number of hydrogen-bond acceptors (Lipinski definition) is 4. The quantitative estimate of drug-likeness (QED) is 0.853. The number of thioether (sulfide) groups is 1. The van der Waals surface area contributed by atoms with E-state index in [0.29, 0.717) is 12.3 Å². The molecule has 2 rings (SSSR count). The molecule has 102 valence electrons. The highest BCUT2D eigenvalue weighted by atomic mass is 32.2. The smallest absolute Gasteiger partial charge is 0.168 e. The summed E-state index contributed by atoms with van der Waals surface area (Å²) in [6.07, 6.45) is 6.00. The van der Waals surface area contributed by atoms with Gasteiger partial charge in [-0.05, 0) is 33.2 Å². The van der Waals surface area contributed by atoms with Gasteiger partial charge in [0, 0.05) is 10.6 Å². The number of nitrogens with zero attached hydrogens (tertiary/aromatic N) is 1. The normalized spacial score (nSPS) is 26.1. The second kappa shape index (κ2) is 6.62. The molecule has 0 aromatic rings. The maximum Gasteiger partial charge on any atom is 0.168 e. The first kappa shape index (κ1) is 13.9. The van der Waals surface area contributed by atoms with Gasteiger partial charge in [-0.25, -0.2) is 0 Å². The Labute approximate surface area is 114 Å². The minimum absolute atomic E-state index is 0.0870. The summed E-state index contributed by atoms with van der Waals surface area (Å²) in [4.78, 5) is 15.9. The van der Waals surface area contributed by atoms with E-state index in [1.807, 2.05) is 11.8 Å². The molecule has 0 radical (unpaired) electrons. The Morgan fingerprint density at radius 2 is 2.11 bits per heavy atom. The predicted molar refractivity (Wildman–Crippen MR) is 77.4 cm³/mol. The number of hydrogen-bond donors (Lipinski definition) is 1. The summed E-state index contributed by atoms with van der Waals surface area (Å²) in [5, 5.41) is 3.42. The number of Topliss-reactive ketones (excluding diaryl/α,β-unsaturated/α-hetero) is 1. The molecule has 0 aromatic carbocycles. The van der Waals surface area contributed by atoms with Crippen LogP contribution in [0.1, 0.15) is 46.0 Å². The zero-order valence-corrected chi connectivity index (χ0v) is 12.3. The lowest BCUT2D eigenvalue weighted by Crippen LogP contribution is -2.43. The molecule has 2 heterocycles. The lowest BCUT2D eigenvalue weighted by atomic mass is 10.0. The van der Waals surface area contributed by atoms with Gasteiger partial charge < -0.3 is 10.2 Å². The predicted octanol–water partition coefficient (Wildman–Crippen LogP) is 2.74. The van der Waals surface area contributed by atoms with Crippen LogP contribution in [0.2, 0.25) is 0 Å². The summed E-state index contributed by atoms with van der Waals surface area (Å²) in [5.41, 5.74) is 1.28. The van der Waals surface area contributed by atoms with Gasteiger partial charge in [-0.15, -0.1) is 11.8 Å². The van der Waals surface area contributed by atoms with Crippen molar-refractivity contribution in [2.24, 2.45) is 0 Å². The summed E-state index contributed by atoms with van der Waals surface area (Å²) in [6, 6.07) is 0.0870. The van der Waals surface area contributed by atoms with Crippen molar-refractivity contribution < 1.29 is 4.79 Å². The monoisotopic (exact) mass is 268 g/mol. The first-order valence-corrected chi connectivity index (χ1v) is 7.98. The fraction of sp³-hybridized carbons (Fsp3) is 0.786. The van der Waals surface area contributed by atoms with Gasteiger partial charge in [-0.2, -0.15) is 0 Å².